The maximum atomic E-state index is 13.3. The van der Waals surface area contributed by atoms with Crippen LogP contribution in [0.15, 0.2) is 24.5 Å². The van der Waals surface area contributed by atoms with Gasteiger partial charge >= 0.3 is 0 Å². The summed E-state index contributed by atoms with van der Waals surface area (Å²) in [5.74, 6) is -0.172. The maximum absolute atomic E-state index is 13.3. The van der Waals surface area contributed by atoms with Crippen LogP contribution in [0.4, 0.5) is 5.82 Å². The smallest absolute Gasteiger partial charge is 0.253 e. The van der Waals surface area contributed by atoms with Crippen LogP contribution in [0.3, 0.4) is 0 Å². The standard InChI is InChI=1S/C21H21Cl2N5O2S/c1-10(2)17(27-19(29)12-4-3-11(22)7-14(12)23)21(30)28-6-5-13-15(8-28)31-20-16(13)18(24)25-9-26-20/h3-4,7,9-10,17H,5-6,8H2,1-2H3,(H,27,29)(H2,24,25,26)/t17-/m0/s1. The summed E-state index contributed by atoms with van der Waals surface area (Å²) in [5.41, 5.74) is 7.44. The number of aromatic nitrogens is 2. The summed E-state index contributed by atoms with van der Waals surface area (Å²) in [7, 11) is 0. The minimum atomic E-state index is -0.681. The zero-order valence-electron chi connectivity index (χ0n) is 17.0. The Hall–Kier alpha value is -2.42. The van der Waals surface area contributed by atoms with E-state index in [-0.39, 0.29) is 22.4 Å². The summed E-state index contributed by atoms with van der Waals surface area (Å²) in [6, 6.07) is 3.97. The number of carbonyl (C=O) groups is 2. The van der Waals surface area contributed by atoms with E-state index < -0.39 is 11.9 Å². The molecule has 0 spiro atoms. The number of hydrogen-bond acceptors (Lipinski definition) is 6. The van der Waals surface area contributed by atoms with Gasteiger partial charge in [0.2, 0.25) is 5.91 Å². The lowest BCUT2D eigenvalue weighted by Crippen LogP contribution is -2.52. The van der Waals surface area contributed by atoms with Gasteiger partial charge in [0.05, 0.1) is 22.5 Å². The van der Waals surface area contributed by atoms with E-state index in [1.165, 1.54) is 23.7 Å². The highest BCUT2D eigenvalue weighted by atomic mass is 35.5. The van der Waals surface area contributed by atoms with Crippen molar-refractivity contribution < 1.29 is 9.59 Å². The Kier molecular flexibility index (Phi) is 6.05. The molecule has 1 aliphatic heterocycles. The lowest BCUT2D eigenvalue weighted by atomic mass is 9.99. The first-order valence-electron chi connectivity index (χ1n) is 9.81. The van der Waals surface area contributed by atoms with Crippen molar-refractivity contribution in [2.45, 2.75) is 32.9 Å². The number of carbonyl (C=O) groups excluding carboxylic acids is 2. The van der Waals surface area contributed by atoms with Gasteiger partial charge in [-0.25, -0.2) is 9.97 Å². The summed E-state index contributed by atoms with van der Waals surface area (Å²) in [4.78, 5) is 38.2. The normalized spacial score (nSPS) is 14.5. The number of nitrogens with zero attached hydrogens (tertiary/aromatic N) is 3. The van der Waals surface area contributed by atoms with Gasteiger partial charge < -0.3 is 16.0 Å². The van der Waals surface area contributed by atoms with Gasteiger partial charge in [-0.15, -0.1) is 11.3 Å². The van der Waals surface area contributed by atoms with Crippen LogP contribution >= 0.6 is 34.5 Å². The Bertz CT molecular complexity index is 1180. The Morgan fingerprint density at radius 2 is 2.03 bits per heavy atom. The molecule has 3 aromatic rings. The van der Waals surface area contributed by atoms with Crippen molar-refractivity contribution in [1.82, 2.24) is 20.2 Å². The van der Waals surface area contributed by atoms with E-state index in [0.717, 1.165) is 20.7 Å². The third kappa shape index (κ3) is 4.20. The van der Waals surface area contributed by atoms with Gasteiger partial charge in [-0.1, -0.05) is 37.0 Å². The van der Waals surface area contributed by atoms with E-state index in [9.17, 15) is 9.59 Å². The van der Waals surface area contributed by atoms with Gasteiger partial charge in [-0.2, -0.15) is 0 Å². The summed E-state index contributed by atoms with van der Waals surface area (Å²) < 4.78 is 0. The zero-order valence-corrected chi connectivity index (χ0v) is 19.3. The monoisotopic (exact) mass is 477 g/mol. The van der Waals surface area contributed by atoms with Crippen LogP contribution in [0.1, 0.15) is 34.6 Å². The second kappa shape index (κ2) is 8.61. The Balaban J connectivity index is 1.55. The molecule has 0 aliphatic carbocycles. The fourth-order valence-corrected chi connectivity index (χ4v) is 5.45. The fourth-order valence-electron chi connectivity index (χ4n) is 3.74. The number of halogens is 2. The number of amides is 2. The minimum Gasteiger partial charge on any atom is -0.383 e. The quantitative estimate of drug-likeness (QED) is 0.592. The minimum absolute atomic E-state index is 0.104. The highest BCUT2D eigenvalue weighted by molar-refractivity contribution is 7.19. The van der Waals surface area contributed by atoms with Gasteiger partial charge in [0.25, 0.3) is 5.91 Å². The van der Waals surface area contributed by atoms with Crippen LogP contribution in [0, 0.1) is 5.92 Å². The molecule has 162 valence electrons. The van der Waals surface area contributed by atoms with E-state index >= 15 is 0 Å². The number of benzene rings is 1. The van der Waals surface area contributed by atoms with Crippen LogP contribution < -0.4 is 11.1 Å². The van der Waals surface area contributed by atoms with Gasteiger partial charge in [0.15, 0.2) is 0 Å². The largest absolute Gasteiger partial charge is 0.383 e. The molecule has 7 nitrogen and oxygen atoms in total. The second-order valence-corrected chi connectivity index (χ2v) is 9.70. The summed E-state index contributed by atoms with van der Waals surface area (Å²) in [6.45, 7) is 4.79. The van der Waals surface area contributed by atoms with Crippen LogP contribution in [0.2, 0.25) is 10.0 Å². The van der Waals surface area contributed by atoms with Gasteiger partial charge in [-0.3, -0.25) is 9.59 Å². The average molecular weight is 478 g/mol. The van der Waals surface area contributed by atoms with Gasteiger partial charge in [-0.05, 0) is 36.1 Å². The molecule has 3 N–H and O–H groups in total. The van der Waals surface area contributed by atoms with E-state index in [1.54, 1.807) is 17.0 Å². The molecule has 1 atom stereocenters. The molecule has 1 aromatic carbocycles. The van der Waals surface area contributed by atoms with Crippen molar-refractivity contribution in [2.24, 2.45) is 5.92 Å². The number of rotatable bonds is 4. The molecule has 10 heteroatoms. The van der Waals surface area contributed by atoms with Crippen molar-refractivity contribution in [3.63, 3.8) is 0 Å². The first-order chi connectivity index (χ1) is 14.8. The highest BCUT2D eigenvalue weighted by Gasteiger charge is 2.33. The summed E-state index contributed by atoms with van der Waals surface area (Å²) in [5, 5.41) is 4.43. The zero-order chi connectivity index (χ0) is 22.3. The molecule has 0 radical (unpaired) electrons. The molecule has 3 heterocycles. The van der Waals surface area contributed by atoms with E-state index in [0.29, 0.717) is 30.4 Å². The first-order valence-corrected chi connectivity index (χ1v) is 11.4. The number of hydrogen-bond donors (Lipinski definition) is 2. The molecule has 0 bridgehead atoms. The number of anilines is 1. The van der Waals surface area contributed by atoms with E-state index in [2.05, 4.69) is 15.3 Å². The molecule has 31 heavy (non-hydrogen) atoms. The van der Waals surface area contributed by atoms with Crippen molar-refractivity contribution in [1.29, 1.82) is 0 Å². The van der Waals surface area contributed by atoms with Crippen LogP contribution in [-0.2, 0) is 17.8 Å². The second-order valence-electron chi connectivity index (χ2n) is 7.77. The van der Waals surface area contributed by atoms with Gasteiger partial charge in [0, 0.05) is 16.4 Å². The molecule has 2 aromatic heterocycles. The molecule has 0 fully saturated rings. The van der Waals surface area contributed by atoms with Crippen LogP contribution in [0.5, 0.6) is 0 Å². The van der Waals surface area contributed by atoms with Crippen molar-refractivity contribution in [2.75, 3.05) is 12.3 Å². The van der Waals surface area contributed by atoms with E-state index in [4.69, 9.17) is 28.9 Å². The predicted octanol–water partition coefficient (Wildman–Crippen LogP) is 3.92. The topological polar surface area (TPSA) is 101 Å². The van der Waals surface area contributed by atoms with Crippen LogP contribution in [0.25, 0.3) is 10.2 Å². The van der Waals surface area contributed by atoms with E-state index in [1.807, 2.05) is 13.8 Å². The number of nitrogen functional groups attached to an aromatic ring is 1. The average Bonchev–Trinajstić information content (AvgIpc) is 3.10. The number of nitrogens with one attached hydrogen (secondary N) is 1. The maximum Gasteiger partial charge on any atom is 0.253 e. The lowest BCUT2D eigenvalue weighted by molar-refractivity contribution is -0.135. The van der Waals surface area contributed by atoms with Crippen molar-refractivity contribution >= 4 is 62.4 Å². The fraction of sp³-hybridized carbons (Fsp3) is 0.333. The molecule has 4 rings (SSSR count). The molecular formula is C21H21Cl2N5O2S. The molecule has 0 unspecified atom stereocenters. The van der Waals surface area contributed by atoms with Crippen molar-refractivity contribution in [3.8, 4) is 0 Å². The molecule has 2 amide bonds. The molecule has 0 saturated carbocycles. The summed E-state index contributed by atoms with van der Waals surface area (Å²) >= 11 is 13.6. The number of nitrogens with two attached hydrogens (primary N) is 1. The van der Waals surface area contributed by atoms with Gasteiger partial charge in [0.1, 0.15) is 23.0 Å². The Morgan fingerprint density at radius 3 is 2.74 bits per heavy atom. The third-order valence-corrected chi connectivity index (χ3v) is 7.05. The first kappa shape index (κ1) is 21.8. The molecule has 1 aliphatic rings. The Labute approximate surface area is 193 Å². The SMILES string of the molecule is CC(C)[C@H](NC(=O)c1ccc(Cl)cc1Cl)C(=O)N1CCc2c(sc3ncnc(N)c23)C1. The number of fused-ring (bicyclic) bond motifs is 3. The third-order valence-electron chi connectivity index (χ3n) is 5.37. The summed E-state index contributed by atoms with van der Waals surface area (Å²) in [6.07, 6.45) is 2.12. The number of thiophene rings is 1. The predicted molar refractivity (Wildman–Crippen MR) is 124 cm³/mol. The molecule has 0 saturated heterocycles. The van der Waals surface area contributed by atoms with Crippen molar-refractivity contribution in [3.05, 3.63) is 50.6 Å². The Morgan fingerprint density at radius 1 is 1.26 bits per heavy atom. The highest BCUT2D eigenvalue weighted by Crippen LogP contribution is 2.36. The van der Waals surface area contributed by atoms with Crippen LogP contribution in [-0.4, -0.2) is 39.3 Å². The lowest BCUT2D eigenvalue weighted by Gasteiger charge is -2.32. The molecular weight excluding hydrogens is 457 g/mol.